The molecule has 0 spiro atoms. The standard InChI is InChI=1S/C6H4N3.C6H6NO3S.Ag/c1-2-4-6-5(3-1)7-9-8-6;7-11(9,10)6-4-2-1-3-5(6)8;/h1-4H;1-4H,(H2-,7,8,9,10);/q2*-1;+2. The Hall–Kier alpha value is -1.71. The molecule has 3 aromatic rings. The molecular weight excluding hydrogens is 388 g/mol. The molecule has 2 N–H and O–H groups in total. The number of para-hydroxylation sites is 2. The Balaban J connectivity index is 1.86. The number of aromatic nitrogens is 3. The van der Waals surface area contributed by atoms with Gasteiger partial charge in [-0.05, 0) is 0 Å². The van der Waals surface area contributed by atoms with Gasteiger partial charge in [-0.15, -0.1) is 0 Å². The predicted molar refractivity (Wildman–Crippen MR) is 71.4 cm³/mol. The van der Waals surface area contributed by atoms with E-state index in [0.717, 1.165) is 5.52 Å². The molecule has 1 heterocycles. The first-order chi connectivity index (χ1) is 10.1. The van der Waals surface area contributed by atoms with Gasteiger partial charge in [-0.2, -0.15) is 0 Å². The van der Waals surface area contributed by atoms with Crippen molar-refractivity contribution in [2.45, 2.75) is 4.90 Å². The second-order valence-electron chi connectivity index (χ2n) is 4.01. The van der Waals surface area contributed by atoms with Crippen LogP contribution in [0.5, 0.6) is 5.75 Å². The summed E-state index contributed by atoms with van der Waals surface area (Å²) in [7, 11) is -3.81. The van der Waals surface area contributed by atoms with Crippen LogP contribution < -0.4 is 3.13 Å². The Morgan fingerprint density at radius 3 is 2.62 bits per heavy atom. The molecule has 0 aliphatic rings. The maximum absolute atomic E-state index is 12.2. The van der Waals surface area contributed by atoms with Gasteiger partial charge in [0.25, 0.3) is 0 Å². The van der Waals surface area contributed by atoms with Crippen LogP contribution in [-0.2, 0) is 30.3 Å². The molecule has 0 unspecified atom stereocenters. The number of phenols is 1. The van der Waals surface area contributed by atoms with Crippen molar-refractivity contribution in [2.75, 3.05) is 0 Å². The van der Waals surface area contributed by atoms with E-state index in [0.29, 0.717) is 5.52 Å². The van der Waals surface area contributed by atoms with E-state index < -0.39 is 10.0 Å². The third kappa shape index (κ3) is 2.85. The third-order valence-electron chi connectivity index (χ3n) is 2.61. The fourth-order valence-electron chi connectivity index (χ4n) is 1.65. The van der Waals surface area contributed by atoms with Crippen LogP contribution in [0.3, 0.4) is 0 Å². The van der Waals surface area contributed by atoms with Crippen molar-refractivity contribution in [3.8, 4) is 5.75 Å². The molecule has 2 aromatic carbocycles. The van der Waals surface area contributed by atoms with Gasteiger partial charge in [0, 0.05) is 0 Å². The van der Waals surface area contributed by atoms with Gasteiger partial charge in [0.15, 0.2) is 0 Å². The molecule has 7 nitrogen and oxygen atoms in total. The minimum atomic E-state index is -3.81. The number of benzene rings is 2. The van der Waals surface area contributed by atoms with E-state index in [1.54, 1.807) is 24.3 Å². The molecule has 3 rings (SSSR count). The summed E-state index contributed by atoms with van der Waals surface area (Å²) in [5.74, 6) is -0.293. The molecule has 0 saturated carbocycles. The first-order valence-electron chi connectivity index (χ1n) is 5.75. The zero-order chi connectivity index (χ0) is 14.9. The normalized spacial score (nSPS) is 12.0. The number of rotatable bonds is 4. The first kappa shape index (κ1) is 14.2. The van der Waals surface area contributed by atoms with Crippen LogP contribution in [0.15, 0.2) is 53.4 Å². The summed E-state index contributed by atoms with van der Waals surface area (Å²) in [5, 5.41) is 17.5. The summed E-state index contributed by atoms with van der Waals surface area (Å²) in [4.78, 5) is -0.164. The van der Waals surface area contributed by atoms with Gasteiger partial charge in [0.2, 0.25) is 0 Å². The van der Waals surface area contributed by atoms with Gasteiger partial charge in [0.1, 0.15) is 0 Å². The quantitative estimate of drug-likeness (QED) is 0.636. The van der Waals surface area contributed by atoms with E-state index >= 15 is 0 Å². The van der Waals surface area contributed by atoms with Crippen LogP contribution in [0.1, 0.15) is 0 Å². The number of phenolic OH excluding ortho intramolecular Hbond substituents is 1. The molecular formula is C12H10AgN4O3S. The Bertz CT molecular complexity index is 894. The van der Waals surface area contributed by atoms with E-state index in [4.69, 9.17) is 0 Å². The molecule has 21 heavy (non-hydrogen) atoms. The topological polar surface area (TPSA) is 97.1 Å². The van der Waals surface area contributed by atoms with Crippen LogP contribution in [0.4, 0.5) is 0 Å². The van der Waals surface area contributed by atoms with Crippen molar-refractivity contribution in [2.24, 2.45) is 0 Å². The van der Waals surface area contributed by atoms with Crippen LogP contribution >= 0.6 is 0 Å². The Kier molecular flexibility index (Phi) is 3.79. The van der Waals surface area contributed by atoms with Crippen molar-refractivity contribution >= 4 is 21.1 Å². The van der Waals surface area contributed by atoms with Gasteiger partial charge in [-0.1, -0.05) is 0 Å². The third-order valence-corrected chi connectivity index (χ3v) is 6.16. The number of fused-ring (bicyclic) bond motifs is 1. The van der Waals surface area contributed by atoms with Gasteiger partial charge in [0.05, 0.1) is 0 Å². The van der Waals surface area contributed by atoms with Crippen molar-refractivity contribution in [3.05, 3.63) is 48.5 Å². The zero-order valence-electron chi connectivity index (χ0n) is 10.4. The van der Waals surface area contributed by atoms with Gasteiger partial charge >= 0.3 is 131 Å². The number of hydrogen-bond acceptors (Lipinski definition) is 5. The van der Waals surface area contributed by atoms with Gasteiger partial charge < -0.3 is 0 Å². The van der Waals surface area contributed by atoms with Crippen LogP contribution in [0, 0.1) is 0 Å². The number of aromatic hydroxyl groups is 1. The first-order valence-corrected chi connectivity index (χ1v) is 8.64. The summed E-state index contributed by atoms with van der Waals surface area (Å²) in [6.45, 7) is 0. The molecule has 1 aromatic heterocycles. The fourth-order valence-corrected chi connectivity index (χ4v) is 4.44. The molecule has 0 fully saturated rings. The molecule has 0 atom stereocenters. The number of hydrogen-bond donors (Lipinski definition) is 2. The molecule has 0 amide bonds. The van der Waals surface area contributed by atoms with E-state index in [2.05, 4.69) is 13.4 Å². The fraction of sp³-hybridized carbons (Fsp3) is 0. The van der Waals surface area contributed by atoms with Crippen LogP contribution in [0.2, 0.25) is 0 Å². The molecule has 0 aliphatic heterocycles. The number of nitrogens with zero attached hydrogens (tertiary/aromatic N) is 3. The number of sulfonamides is 1. The van der Waals surface area contributed by atoms with Crippen molar-refractivity contribution in [3.63, 3.8) is 0 Å². The molecule has 0 bridgehead atoms. The summed E-state index contributed by atoms with van der Waals surface area (Å²) in [6.07, 6.45) is 0. The molecule has 0 saturated heterocycles. The summed E-state index contributed by atoms with van der Waals surface area (Å²) < 4.78 is 28.2. The number of nitrogens with one attached hydrogen (secondary N) is 1. The maximum atomic E-state index is 12.2. The average Bonchev–Trinajstić information content (AvgIpc) is 2.89. The second-order valence-corrected chi connectivity index (χ2v) is 7.44. The monoisotopic (exact) mass is 397 g/mol. The van der Waals surface area contributed by atoms with Crippen LogP contribution in [-0.4, -0.2) is 26.9 Å². The zero-order valence-corrected chi connectivity index (χ0v) is 12.7. The molecule has 113 valence electrons. The minimum absolute atomic E-state index is 0.164. The van der Waals surface area contributed by atoms with Gasteiger partial charge in [-0.25, -0.2) is 0 Å². The Morgan fingerprint density at radius 2 is 1.81 bits per heavy atom. The molecule has 9 heteroatoms. The second kappa shape index (κ2) is 5.58. The summed E-state index contributed by atoms with van der Waals surface area (Å²) >= 11 is -0.372. The Labute approximate surface area is 130 Å². The van der Waals surface area contributed by atoms with E-state index in [1.165, 1.54) is 15.2 Å². The van der Waals surface area contributed by atoms with Crippen LogP contribution in [0.25, 0.3) is 11.0 Å². The summed E-state index contributed by atoms with van der Waals surface area (Å²) in [6, 6.07) is 13.0. The predicted octanol–water partition coefficient (Wildman–Crippen LogP) is 0.876. The van der Waals surface area contributed by atoms with E-state index in [9.17, 15) is 13.5 Å². The van der Waals surface area contributed by atoms with Crippen molar-refractivity contribution < 1.29 is 33.8 Å². The van der Waals surface area contributed by atoms with Crippen molar-refractivity contribution in [1.82, 2.24) is 16.5 Å². The average molecular weight is 398 g/mol. The summed E-state index contributed by atoms with van der Waals surface area (Å²) in [5.41, 5.74) is 1.42. The molecule has 0 radical (unpaired) electrons. The van der Waals surface area contributed by atoms with Gasteiger partial charge in [-0.3, -0.25) is 0 Å². The molecule has 0 aliphatic carbocycles. The van der Waals surface area contributed by atoms with E-state index in [-0.39, 0.29) is 30.9 Å². The SMILES string of the molecule is O=S(=O)([NH][Ag][n]1nnc2ccccc21)c1ccccc1O. The van der Waals surface area contributed by atoms with E-state index in [1.807, 2.05) is 12.1 Å². The Morgan fingerprint density at radius 1 is 1.10 bits per heavy atom. The van der Waals surface area contributed by atoms with Crippen molar-refractivity contribution in [1.29, 1.82) is 0 Å².